The average molecular weight is 333 g/mol. The lowest BCUT2D eigenvalue weighted by Crippen LogP contribution is -2.33. The summed E-state index contributed by atoms with van der Waals surface area (Å²) in [6.45, 7) is 3.74. The molecule has 2 heterocycles. The topological polar surface area (TPSA) is 104 Å². The number of carbonyl (C=O) groups excluding carboxylic acids is 1. The van der Waals surface area contributed by atoms with Gasteiger partial charge in [-0.05, 0) is 26.5 Å². The second kappa shape index (κ2) is 5.53. The van der Waals surface area contributed by atoms with Crippen molar-refractivity contribution in [3.05, 3.63) is 5.56 Å². The predicted molar refractivity (Wildman–Crippen MR) is 81.3 cm³/mol. The van der Waals surface area contributed by atoms with Gasteiger partial charge in [0, 0.05) is 0 Å². The summed E-state index contributed by atoms with van der Waals surface area (Å²) < 4.78 is 30.0. The Balaban J connectivity index is 2.50. The molecule has 2 N–H and O–H groups in total. The van der Waals surface area contributed by atoms with E-state index in [-0.39, 0.29) is 29.5 Å². The number of nitrogen functional groups attached to an aromatic ring is 1. The third-order valence-electron chi connectivity index (χ3n) is 3.56. The Morgan fingerprint density at radius 3 is 2.71 bits per heavy atom. The monoisotopic (exact) mass is 333 g/mol. The maximum Gasteiger partial charge on any atom is 0.344 e. The van der Waals surface area contributed by atoms with E-state index in [9.17, 15) is 13.2 Å². The molecule has 0 saturated carbocycles. The van der Waals surface area contributed by atoms with E-state index in [1.54, 1.807) is 20.1 Å². The normalized spacial score (nSPS) is 24.1. The molecule has 1 unspecified atom stereocenters. The summed E-state index contributed by atoms with van der Waals surface area (Å²) in [5.41, 5.74) is 5.55. The third-order valence-corrected chi connectivity index (χ3v) is 6.12. The second-order valence-corrected chi connectivity index (χ2v) is 8.22. The van der Waals surface area contributed by atoms with Crippen LogP contribution in [0, 0.1) is 0 Å². The van der Waals surface area contributed by atoms with Gasteiger partial charge >= 0.3 is 5.97 Å². The number of aromatic nitrogens is 2. The number of hydrogen-bond acceptors (Lipinski definition) is 7. The van der Waals surface area contributed by atoms with Crippen molar-refractivity contribution >= 4 is 33.4 Å². The summed E-state index contributed by atoms with van der Waals surface area (Å²) >= 11 is 1.28. The molecule has 1 atom stereocenters. The summed E-state index contributed by atoms with van der Waals surface area (Å²) in [4.78, 5) is 12.0. The molecule has 9 heteroatoms. The number of rotatable bonds is 4. The summed E-state index contributed by atoms with van der Waals surface area (Å²) in [5.74, 6) is -0.291. The first kappa shape index (κ1) is 16.2. The number of nitrogens with zero attached hydrogens (tertiary/aromatic N) is 2. The number of anilines is 1. The molecule has 0 aliphatic carbocycles. The first-order chi connectivity index (χ1) is 9.74. The minimum absolute atomic E-state index is 0.0258. The first-order valence-corrected chi connectivity index (χ1v) is 9.59. The van der Waals surface area contributed by atoms with Gasteiger partial charge in [-0.1, -0.05) is 0 Å². The van der Waals surface area contributed by atoms with Crippen LogP contribution in [0.5, 0.6) is 0 Å². The molecular weight excluding hydrogens is 314 g/mol. The number of esters is 1. The van der Waals surface area contributed by atoms with Crippen molar-refractivity contribution < 1.29 is 17.9 Å². The zero-order valence-corrected chi connectivity index (χ0v) is 13.9. The molecule has 21 heavy (non-hydrogen) atoms. The van der Waals surface area contributed by atoms with Gasteiger partial charge in [-0.15, -0.1) is 11.8 Å². The average Bonchev–Trinajstić information content (AvgIpc) is 2.87. The quantitative estimate of drug-likeness (QED) is 0.644. The van der Waals surface area contributed by atoms with Crippen LogP contribution >= 0.6 is 11.8 Å². The lowest BCUT2D eigenvalue weighted by molar-refractivity contribution is 0.0523. The van der Waals surface area contributed by atoms with E-state index >= 15 is 0 Å². The number of ether oxygens (including phenoxy) is 1. The van der Waals surface area contributed by atoms with Gasteiger partial charge in [0.1, 0.15) is 16.4 Å². The van der Waals surface area contributed by atoms with Gasteiger partial charge in [0.05, 0.1) is 23.7 Å². The minimum atomic E-state index is -3.10. The number of thioether (sulfide) groups is 1. The molecule has 7 nitrogen and oxygen atoms in total. The van der Waals surface area contributed by atoms with Crippen LogP contribution in [-0.4, -0.2) is 48.5 Å². The van der Waals surface area contributed by atoms with Crippen molar-refractivity contribution in [1.82, 2.24) is 9.78 Å². The molecule has 118 valence electrons. The Kier molecular flexibility index (Phi) is 4.25. The molecule has 1 aliphatic heterocycles. The van der Waals surface area contributed by atoms with E-state index in [0.717, 1.165) is 0 Å². The van der Waals surface area contributed by atoms with E-state index in [2.05, 4.69) is 5.10 Å². The summed E-state index contributed by atoms with van der Waals surface area (Å²) in [6, 6.07) is 0. The zero-order valence-electron chi connectivity index (χ0n) is 12.2. The lowest BCUT2D eigenvalue weighted by Gasteiger charge is -2.24. The molecule has 0 radical (unpaired) electrons. The standard InChI is InChI=1S/C12H19N3O4S2/c1-4-19-11(16)8-9(13)15(14-10(8)20-3)12(2)5-6-21(17,18)7-12/h4-7,13H2,1-3H3. The highest BCUT2D eigenvalue weighted by atomic mass is 32.2. The van der Waals surface area contributed by atoms with Crippen molar-refractivity contribution in [2.24, 2.45) is 0 Å². The van der Waals surface area contributed by atoms with Crippen LogP contribution in [0.2, 0.25) is 0 Å². The number of hydrogen-bond donors (Lipinski definition) is 1. The highest BCUT2D eigenvalue weighted by molar-refractivity contribution is 7.98. The molecular formula is C12H19N3O4S2. The van der Waals surface area contributed by atoms with E-state index in [1.807, 2.05) is 0 Å². The van der Waals surface area contributed by atoms with E-state index in [4.69, 9.17) is 10.5 Å². The van der Waals surface area contributed by atoms with Crippen molar-refractivity contribution in [2.75, 3.05) is 30.1 Å². The Bertz CT molecular complexity index is 668. The lowest BCUT2D eigenvalue weighted by atomic mass is 10.0. The summed E-state index contributed by atoms with van der Waals surface area (Å²) in [6.07, 6.45) is 2.21. The van der Waals surface area contributed by atoms with Gasteiger partial charge in [-0.3, -0.25) is 0 Å². The van der Waals surface area contributed by atoms with Gasteiger partial charge in [0.15, 0.2) is 9.84 Å². The van der Waals surface area contributed by atoms with Gasteiger partial charge in [-0.25, -0.2) is 17.9 Å². The van der Waals surface area contributed by atoms with Crippen molar-refractivity contribution in [2.45, 2.75) is 30.8 Å². The molecule has 1 aromatic rings. The van der Waals surface area contributed by atoms with E-state index < -0.39 is 21.3 Å². The predicted octanol–water partition coefficient (Wildman–Crippen LogP) is 0.898. The summed E-state index contributed by atoms with van der Waals surface area (Å²) in [7, 11) is -3.10. The smallest absolute Gasteiger partial charge is 0.344 e. The van der Waals surface area contributed by atoms with Crippen LogP contribution in [0.3, 0.4) is 0 Å². The molecule has 1 fully saturated rings. The van der Waals surface area contributed by atoms with Gasteiger partial charge in [-0.2, -0.15) is 5.10 Å². The highest BCUT2D eigenvalue weighted by Gasteiger charge is 2.43. The summed E-state index contributed by atoms with van der Waals surface area (Å²) in [5, 5.41) is 4.80. The van der Waals surface area contributed by atoms with Crippen LogP contribution < -0.4 is 5.73 Å². The molecule has 0 amide bonds. The van der Waals surface area contributed by atoms with Gasteiger partial charge < -0.3 is 10.5 Å². The van der Waals surface area contributed by atoms with Crippen molar-refractivity contribution in [3.63, 3.8) is 0 Å². The van der Waals surface area contributed by atoms with Crippen LogP contribution in [0.15, 0.2) is 5.03 Å². The molecule has 1 aliphatic rings. The Labute approximate surface area is 128 Å². The highest BCUT2D eigenvalue weighted by Crippen LogP contribution is 2.36. The maximum absolute atomic E-state index is 12.0. The maximum atomic E-state index is 12.0. The van der Waals surface area contributed by atoms with Crippen LogP contribution in [-0.2, 0) is 20.1 Å². The fraction of sp³-hybridized carbons (Fsp3) is 0.667. The van der Waals surface area contributed by atoms with Crippen molar-refractivity contribution in [1.29, 1.82) is 0 Å². The Morgan fingerprint density at radius 1 is 1.57 bits per heavy atom. The largest absolute Gasteiger partial charge is 0.462 e. The fourth-order valence-electron chi connectivity index (χ4n) is 2.52. The van der Waals surface area contributed by atoms with Gasteiger partial charge in [0.25, 0.3) is 0 Å². The fourth-order valence-corrected chi connectivity index (χ4v) is 5.18. The minimum Gasteiger partial charge on any atom is -0.462 e. The second-order valence-electron chi connectivity index (χ2n) is 5.24. The zero-order chi connectivity index (χ0) is 15.8. The van der Waals surface area contributed by atoms with E-state index in [0.29, 0.717) is 11.4 Å². The Hall–Kier alpha value is -1.22. The number of nitrogens with two attached hydrogens (primary N) is 1. The SMILES string of the molecule is CCOC(=O)c1c(SC)nn(C2(C)CCS(=O)(=O)C2)c1N. The molecule has 2 rings (SSSR count). The van der Waals surface area contributed by atoms with Gasteiger partial charge in [0.2, 0.25) is 0 Å². The van der Waals surface area contributed by atoms with Crippen LogP contribution in [0.4, 0.5) is 5.82 Å². The third kappa shape index (κ3) is 2.89. The van der Waals surface area contributed by atoms with Crippen LogP contribution in [0.25, 0.3) is 0 Å². The number of sulfone groups is 1. The molecule has 0 aromatic carbocycles. The molecule has 0 spiro atoms. The van der Waals surface area contributed by atoms with Crippen LogP contribution in [0.1, 0.15) is 30.6 Å². The molecule has 1 aromatic heterocycles. The molecule has 1 saturated heterocycles. The van der Waals surface area contributed by atoms with Crippen molar-refractivity contribution in [3.8, 4) is 0 Å². The van der Waals surface area contributed by atoms with E-state index in [1.165, 1.54) is 16.4 Å². The molecule has 0 bridgehead atoms. The number of carbonyl (C=O) groups is 1. The first-order valence-electron chi connectivity index (χ1n) is 6.54. The Morgan fingerprint density at radius 2 is 2.24 bits per heavy atom.